The van der Waals surface area contributed by atoms with Gasteiger partial charge in [-0.25, -0.2) is 0 Å². The Morgan fingerprint density at radius 3 is 0.440 bits per heavy atom. The third-order valence-electron chi connectivity index (χ3n) is 12.0. The van der Waals surface area contributed by atoms with Crippen LogP contribution in [-0.4, -0.2) is 64.2 Å². The molecule has 0 spiro atoms. The Bertz CT molecular complexity index is 3500. The van der Waals surface area contributed by atoms with Crippen LogP contribution >= 0.6 is 0 Å². The van der Waals surface area contributed by atoms with E-state index in [-0.39, 0.29) is 101 Å². The summed E-state index contributed by atoms with van der Waals surface area (Å²) >= 11 is 0. The first-order valence-electron chi connectivity index (χ1n) is 24.1. The molecule has 0 aliphatic carbocycles. The lowest BCUT2D eigenvalue weighted by Crippen LogP contribution is -2.11. The average molecular weight is 1130 g/mol. The fourth-order valence-corrected chi connectivity index (χ4v) is 7.99. The Labute approximate surface area is 471 Å². The number of ketones is 6. The summed E-state index contributed by atoms with van der Waals surface area (Å²) in [7, 11) is 0. The van der Waals surface area contributed by atoms with Crippen LogP contribution in [0.4, 0.5) is 34.1 Å². The number of carbonyl (C=O) groups is 6. The van der Waals surface area contributed by atoms with Gasteiger partial charge in [0.25, 0.3) is 34.1 Å². The molecule has 0 aliphatic rings. The molecule has 0 amide bonds. The van der Waals surface area contributed by atoms with E-state index in [0.29, 0.717) is 0 Å². The fourth-order valence-electron chi connectivity index (χ4n) is 7.99. The van der Waals surface area contributed by atoms with Gasteiger partial charge in [0, 0.05) is 140 Å². The molecule has 24 heteroatoms. The predicted molar refractivity (Wildman–Crippen MR) is 298 cm³/mol. The van der Waals surface area contributed by atoms with E-state index in [0.717, 1.165) is 36.4 Å². The Morgan fingerprint density at radius 1 is 0.190 bits per heavy atom. The van der Waals surface area contributed by atoms with Gasteiger partial charge in [-0.3, -0.25) is 89.5 Å². The van der Waals surface area contributed by atoms with E-state index in [1.807, 2.05) is 36.4 Å². The molecule has 0 N–H and O–H groups in total. The largest absolute Gasteiger partial charge is 0.289 e. The first-order valence-corrected chi connectivity index (χ1v) is 24.1. The van der Waals surface area contributed by atoms with Crippen LogP contribution in [0.25, 0.3) is 0 Å². The molecule has 0 aliphatic heterocycles. The van der Waals surface area contributed by atoms with Crippen molar-refractivity contribution in [3.05, 3.63) is 346 Å². The summed E-state index contributed by atoms with van der Waals surface area (Å²) in [6.45, 7) is 0. The summed E-state index contributed by atoms with van der Waals surface area (Å²) in [5.41, 5.74) is -3.61. The van der Waals surface area contributed by atoms with Crippen molar-refractivity contribution in [1.29, 1.82) is 0 Å². The van der Waals surface area contributed by atoms with Crippen molar-refractivity contribution in [3.63, 3.8) is 0 Å². The van der Waals surface area contributed by atoms with Crippen LogP contribution in [0.15, 0.2) is 218 Å². The minimum atomic E-state index is -0.736. The van der Waals surface area contributed by atoms with Gasteiger partial charge in [-0.15, -0.1) is 0 Å². The molecule has 0 radical (unpaired) electrons. The van der Waals surface area contributed by atoms with E-state index in [1.54, 1.807) is 0 Å². The first kappa shape index (κ1) is 59.1. The van der Waals surface area contributed by atoms with Gasteiger partial charge in [0.2, 0.25) is 0 Å². The highest BCUT2D eigenvalue weighted by molar-refractivity contribution is 6.19. The molecule has 84 heavy (non-hydrogen) atoms. The number of hydrogen-bond donors (Lipinski definition) is 0. The Hall–Kier alpha value is -12.6. The molecular weight excluding hydrogens is 1090 g/mol. The number of non-ortho nitro benzene ring substituents is 6. The maximum Gasteiger partial charge on any atom is 0.270 e. The number of benzene rings is 9. The quantitative estimate of drug-likeness (QED) is 0.0437. The van der Waals surface area contributed by atoms with E-state index in [4.69, 9.17) is 0 Å². The number of hydrogen-bond acceptors (Lipinski definition) is 18. The Morgan fingerprint density at radius 2 is 0.321 bits per heavy atom. The third kappa shape index (κ3) is 14.5. The zero-order valence-corrected chi connectivity index (χ0v) is 42.8. The molecule has 9 aromatic carbocycles. The number of carbonyl (C=O) groups excluding carboxylic acids is 6. The smallest absolute Gasteiger partial charge is 0.270 e. The summed E-state index contributed by atoms with van der Waals surface area (Å²) in [5, 5.41) is 67.0. The van der Waals surface area contributed by atoms with Crippen LogP contribution in [0.1, 0.15) is 95.5 Å². The van der Waals surface area contributed by atoms with Crippen molar-refractivity contribution in [1.82, 2.24) is 0 Å². The van der Waals surface area contributed by atoms with Crippen LogP contribution in [0.3, 0.4) is 0 Å². The van der Waals surface area contributed by atoms with E-state index in [2.05, 4.69) is 0 Å². The van der Waals surface area contributed by atoms with Gasteiger partial charge >= 0.3 is 0 Å². The van der Waals surface area contributed by atoms with Gasteiger partial charge < -0.3 is 0 Å². The van der Waals surface area contributed by atoms with E-state index in [1.165, 1.54) is 146 Å². The van der Waals surface area contributed by atoms with Crippen molar-refractivity contribution in [2.75, 3.05) is 0 Å². The van der Waals surface area contributed by atoms with Crippen LogP contribution in [-0.2, 0) is 0 Å². The molecule has 0 aromatic heterocycles. The zero-order chi connectivity index (χ0) is 60.8. The highest BCUT2D eigenvalue weighted by Crippen LogP contribution is 2.27. The highest BCUT2D eigenvalue weighted by atomic mass is 16.6. The maximum atomic E-state index is 13.3. The molecule has 0 saturated heterocycles. The van der Waals surface area contributed by atoms with Gasteiger partial charge in [-0.1, -0.05) is 109 Å². The van der Waals surface area contributed by atoms with Gasteiger partial charge in [0.05, 0.1) is 29.5 Å². The number of nitro benzene ring substituents is 6. The number of rotatable bonds is 18. The second-order valence-corrected chi connectivity index (χ2v) is 17.6. The van der Waals surface area contributed by atoms with Gasteiger partial charge in [0.15, 0.2) is 34.7 Å². The minimum absolute atomic E-state index is 0.0853. The van der Waals surface area contributed by atoms with Crippen molar-refractivity contribution in [3.8, 4) is 0 Å². The third-order valence-corrected chi connectivity index (χ3v) is 12.0. The zero-order valence-electron chi connectivity index (χ0n) is 42.8. The van der Waals surface area contributed by atoms with E-state index < -0.39 is 64.2 Å². The lowest BCUT2D eigenvalue weighted by molar-refractivity contribution is -0.385. The molecular formula is C60H36N6O18. The summed E-state index contributed by atoms with van der Waals surface area (Å²) in [4.78, 5) is 143. The minimum Gasteiger partial charge on any atom is -0.289 e. The fraction of sp³-hybridized carbons (Fsp3) is 0. The SMILES string of the molecule is O=C(c1cc(C(=O)c2cccc([N+](=O)[O-])c2)cc(C(=O)c2cccc([N+](=O)[O-])c2)c1)c1cccc([N+](=O)[O-])c1.O=C(c1cc(C(=O)c2cccc([N+](=O)[O-])c2)cc(C(=O)c2cccc([N+](=O)[O-])c2)c1)c1cccc([N+](=O)[O-])c1.c1ccccc1. The second-order valence-electron chi connectivity index (χ2n) is 17.6. The van der Waals surface area contributed by atoms with Crippen LogP contribution in [0, 0.1) is 60.7 Å². The molecule has 0 heterocycles. The van der Waals surface area contributed by atoms with Crippen molar-refractivity contribution < 1.29 is 58.3 Å². The lowest BCUT2D eigenvalue weighted by Gasteiger charge is -2.10. The molecule has 0 unspecified atom stereocenters. The van der Waals surface area contributed by atoms with Crippen LogP contribution in [0.2, 0.25) is 0 Å². The van der Waals surface area contributed by atoms with E-state index in [9.17, 15) is 89.5 Å². The van der Waals surface area contributed by atoms with Crippen molar-refractivity contribution in [2.45, 2.75) is 0 Å². The standard InChI is InChI=1S/2C27H15N3O9.C6H6/c2*31-25(16-4-1-7-22(13-16)28(34)35)19-10-20(26(32)17-5-2-8-23(14-17)29(36)37)12-21(11-19)27(33)18-6-3-9-24(15-18)30(38)39;1-2-4-6-5-3-1/h2*1-15H;1-6H. The number of nitro groups is 6. The first-order chi connectivity index (χ1) is 40.1. The molecule has 24 nitrogen and oxygen atoms in total. The normalized spacial score (nSPS) is 10.3. The lowest BCUT2D eigenvalue weighted by atomic mass is 9.92. The Balaban J connectivity index is 0.000000219. The summed E-state index contributed by atoms with van der Waals surface area (Å²) in [6.07, 6.45) is 0. The summed E-state index contributed by atoms with van der Waals surface area (Å²) in [5.74, 6) is -4.41. The van der Waals surface area contributed by atoms with Crippen molar-refractivity contribution in [2.24, 2.45) is 0 Å². The molecule has 0 atom stereocenters. The summed E-state index contributed by atoms with van der Waals surface area (Å²) < 4.78 is 0. The second kappa shape index (κ2) is 26.4. The van der Waals surface area contributed by atoms with Crippen LogP contribution < -0.4 is 0 Å². The number of nitrogens with zero attached hydrogens (tertiary/aromatic N) is 6. The van der Waals surface area contributed by atoms with E-state index >= 15 is 0 Å². The van der Waals surface area contributed by atoms with Gasteiger partial charge in [0.1, 0.15) is 0 Å². The maximum absolute atomic E-state index is 13.3. The molecule has 414 valence electrons. The molecule has 0 fully saturated rings. The van der Waals surface area contributed by atoms with Crippen molar-refractivity contribution >= 4 is 68.8 Å². The van der Waals surface area contributed by atoms with Gasteiger partial charge in [-0.2, -0.15) is 0 Å². The molecule has 0 bridgehead atoms. The molecule has 9 aromatic rings. The summed E-state index contributed by atoms with van der Waals surface area (Å²) in [6, 6.07) is 48.2. The molecule has 0 saturated carbocycles. The Kier molecular flexibility index (Phi) is 18.5. The average Bonchev–Trinajstić information content (AvgIpc) is 3.25. The van der Waals surface area contributed by atoms with Crippen LogP contribution in [0.5, 0.6) is 0 Å². The topological polar surface area (TPSA) is 361 Å². The molecule has 9 rings (SSSR count). The predicted octanol–water partition coefficient (Wildman–Crippen LogP) is 11.9. The highest BCUT2D eigenvalue weighted by Gasteiger charge is 2.25. The van der Waals surface area contributed by atoms with Gasteiger partial charge in [-0.05, 0) is 36.4 Å². The monoisotopic (exact) mass is 1130 g/mol.